The highest BCUT2D eigenvalue weighted by molar-refractivity contribution is 5.96. The number of hydrogen-bond acceptors (Lipinski definition) is 6. The summed E-state index contributed by atoms with van der Waals surface area (Å²) in [5.74, 6) is -0.205. The van der Waals surface area contributed by atoms with Gasteiger partial charge in [0.05, 0.1) is 41.8 Å². The number of fused-ring (bicyclic) bond motifs is 1. The molecule has 1 aliphatic heterocycles. The molecule has 1 saturated carbocycles. The lowest BCUT2D eigenvalue weighted by molar-refractivity contribution is 0.0193. The Morgan fingerprint density at radius 1 is 1.25 bits per heavy atom. The van der Waals surface area contributed by atoms with E-state index in [0.717, 1.165) is 18.5 Å². The molecule has 1 N–H and O–H groups in total. The van der Waals surface area contributed by atoms with Crippen molar-refractivity contribution in [2.24, 2.45) is 0 Å². The fraction of sp³-hybridized carbons (Fsp3) is 0.526. The summed E-state index contributed by atoms with van der Waals surface area (Å²) < 4.78 is 7.24. The average molecular weight is 384 g/mol. The molecule has 3 heterocycles. The van der Waals surface area contributed by atoms with Crippen LogP contribution in [0.25, 0.3) is 0 Å². The molecule has 148 valence electrons. The van der Waals surface area contributed by atoms with Crippen LogP contribution in [0.3, 0.4) is 0 Å². The molecule has 0 bridgehead atoms. The van der Waals surface area contributed by atoms with E-state index in [0.29, 0.717) is 24.3 Å². The Bertz CT molecular complexity index is 898. The van der Waals surface area contributed by atoms with Crippen molar-refractivity contribution in [1.29, 1.82) is 0 Å². The fourth-order valence-electron chi connectivity index (χ4n) is 3.35. The van der Waals surface area contributed by atoms with Crippen LogP contribution in [-0.4, -0.2) is 48.8 Å². The number of ether oxygens (including phenoxy) is 1. The predicted octanol–water partition coefficient (Wildman–Crippen LogP) is 1.84. The average Bonchev–Trinajstić information content (AvgIpc) is 3.30. The largest absolute Gasteiger partial charge is 0.444 e. The van der Waals surface area contributed by atoms with Gasteiger partial charge in [-0.15, -0.1) is 0 Å². The van der Waals surface area contributed by atoms with E-state index in [1.165, 1.54) is 6.33 Å². The van der Waals surface area contributed by atoms with Gasteiger partial charge in [-0.05, 0) is 39.7 Å². The van der Waals surface area contributed by atoms with E-state index in [1.807, 2.05) is 26.8 Å². The zero-order chi connectivity index (χ0) is 19.9. The number of nitrogens with zero attached hydrogens (tertiary/aromatic N) is 5. The van der Waals surface area contributed by atoms with Crippen LogP contribution in [0.2, 0.25) is 0 Å². The number of amides is 2. The first-order chi connectivity index (χ1) is 13.3. The second-order valence-electron chi connectivity index (χ2n) is 8.26. The second kappa shape index (κ2) is 6.57. The van der Waals surface area contributed by atoms with Crippen LogP contribution < -0.4 is 5.32 Å². The summed E-state index contributed by atoms with van der Waals surface area (Å²) in [5.41, 5.74) is 1.01. The summed E-state index contributed by atoms with van der Waals surface area (Å²) in [5, 5.41) is 7.42. The van der Waals surface area contributed by atoms with Crippen LogP contribution in [0.15, 0.2) is 24.8 Å². The summed E-state index contributed by atoms with van der Waals surface area (Å²) in [6, 6.07) is 1.82. The molecule has 0 spiro atoms. The molecule has 2 aromatic heterocycles. The minimum atomic E-state index is -0.565. The van der Waals surface area contributed by atoms with E-state index in [-0.39, 0.29) is 18.5 Å². The van der Waals surface area contributed by atoms with Crippen molar-refractivity contribution in [3.05, 3.63) is 41.7 Å². The third-order valence-electron chi connectivity index (χ3n) is 4.94. The quantitative estimate of drug-likeness (QED) is 0.866. The van der Waals surface area contributed by atoms with Crippen molar-refractivity contribution < 1.29 is 14.3 Å². The molecule has 0 unspecified atom stereocenters. The molecular formula is C19H24N6O3. The molecule has 0 aromatic carbocycles. The normalized spacial score (nSPS) is 17.6. The third kappa shape index (κ3) is 3.56. The minimum absolute atomic E-state index is 0.205. The number of aromatic nitrogens is 4. The summed E-state index contributed by atoms with van der Waals surface area (Å²) in [6.45, 7) is 6.81. The Hall–Kier alpha value is -2.97. The minimum Gasteiger partial charge on any atom is -0.444 e. The van der Waals surface area contributed by atoms with E-state index >= 15 is 0 Å². The lowest BCUT2D eigenvalue weighted by atomic mass is 10.1. The van der Waals surface area contributed by atoms with Gasteiger partial charge in [-0.3, -0.25) is 9.48 Å². The van der Waals surface area contributed by atoms with Crippen molar-refractivity contribution in [2.75, 3.05) is 6.54 Å². The van der Waals surface area contributed by atoms with E-state index in [4.69, 9.17) is 4.74 Å². The number of rotatable bonds is 3. The van der Waals surface area contributed by atoms with Gasteiger partial charge in [0.15, 0.2) is 0 Å². The summed E-state index contributed by atoms with van der Waals surface area (Å²) in [4.78, 5) is 35.2. The van der Waals surface area contributed by atoms with Crippen LogP contribution in [0, 0.1) is 0 Å². The molecule has 2 aliphatic rings. The number of carbonyl (C=O) groups excluding carboxylic acids is 2. The van der Waals surface area contributed by atoms with Crippen molar-refractivity contribution in [3.8, 4) is 0 Å². The van der Waals surface area contributed by atoms with Crippen LogP contribution in [-0.2, 0) is 23.4 Å². The highest BCUT2D eigenvalue weighted by Crippen LogP contribution is 2.44. The molecule has 2 aromatic rings. The van der Waals surface area contributed by atoms with Crippen LogP contribution in [0.4, 0.5) is 4.79 Å². The lowest BCUT2D eigenvalue weighted by Gasteiger charge is -2.30. The first kappa shape index (κ1) is 18.4. The Kier molecular flexibility index (Phi) is 4.32. The standard InChI is InChI=1S/C19H24N6O3/c1-18(2,3)28-17(27)24-8-9-25-14(11-24)13(10-22-25)16(26)23-19(5-6-19)15-4-7-20-12-21-15/h4,7,10,12H,5-6,8-9,11H2,1-3H3,(H,23,26). The Labute approximate surface area is 163 Å². The summed E-state index contributed by atoms with van der Waals surface area (Å²) >= 11 is 0. The zero-order valence-corrected chi connectivity index (χ0v) is 16.3. The smallest absolute Gasteiger partial charge is 0.410 e. The molecule has 0 atom stereocenters. The van der Waals surface area contributed by atoms with Crippen molar-refractivity contribution in [3.63, 3.8) is 0 Å². The maximum atomic E-state index is 13.0. The van der Waals surface area contributed by atoms with Crippen molar-refractivity contribution >= 4 is 12.0 Å². The monoisotopic (exact) mass is 384 g/mol. The van der Waals surface area contributed by atoms with Crippen molar-refractivity contribution in [2.45, 2.75) is 57.8 Å². The Morgan fingerprint density at radius 3 is 2.68 bits per heavy atom. The highest BCUT2D eigenvalue weighted by Gasteiger charge is 2.47. The van der Waals surface area contributed by atoms with E-state index < -0.39 is 11.1 Å². The van der Waals surface area contributed by atoms with Gasteiger partial charge in [0.25, 0.3) is 5.91 Å². The van der Waals surface area contributed by atoms with E-state index in [2.05, 4.69) is 20.4 Å². The number of carbonyl (C=O) groups is 2. The highest BCUT2D eigenvalue weighted by atomic mass is 16.6. The molecule has 0 radical (unpaired) electrons. The molecule has 1 fully saturated rings. The first-order valence-corrected chi connectivity index (χ1v) is 9.39. The van der Waals surface area contributed by atoms with Gasteiger partial charge in [-0.1, -0.05) is 0 Å². The number of nitrogens with one attached hydrogen (secondary N) is 1. The van der Waals surface area contributed by atoms with E-state index in [9.17, 15) is 9.59 Å². The van der Waals surface area contributed by atoms with Crippen LogP contribution in [0.5, 0.6) is 0 Å². The van der Waals surface area contributed by atoms with Gasteiger partial charge >= 0.3 is 6.09 Å². The molecule has 1 aliphatic carbocycles. The van der Waals surface area contributed by atoms with Gasteiger partial charge in [0.1, 0.15) is 11.9 Å². The summed E-state index contributed by atoms with van der Waals surface area (Å²) in [7, 11) is 0. The Balaban J connectivity index is 1.50. The molecule has 28 heavy (non-hydrogen) atoms. The first-order valence-electron chi connectivity index (χ1n) is 9.39. The molecule has 0 saturated heterocycles. The molecular weight excluding hydrogens is 360 g/mol. The molecule has 9 heteroatoms. The van der Waals surface area contributed by atoms with Gasteiger partial charge < -0.3 is 15.0 Å². The maximum Gasteiger partial charge on any atom is 0.410 e. The van der Waals surface area contributed by atoms with Crippen molar-refractivity contribution in [1.82, 2.24) is 30.0 Å². The van der Waals surface area contributed by atoms with Crippen LogP contribution >= 0.6 is 0 Å². The molecule has 9 nitrogen and oxygen atoms in total. The predicted molar refractivity (Wildman–Crippen MR) is 99.3 cm³/mol. The fourth-order valence-corrected chi connectivity index (χ4v) is 3.35. The second-order valence-corrected chi connectivity index (χ2v) is 8.26. The lowest BCUT2D eigenvalue weighted by Crippen LogP contribution is -2.42. The maximum absolute atomic E-state index is 13.0. The van der Waals surface area contributed by atoms with Gasteiger partial charge in [0.2, 0.25) is 0 Å². The Morgan fingerprint density at radius 2 is 2.04 bits per heavy atom. The topological polar surface area (TPSA) is 102 Å². The van der Waals surface area contributed by atoms with Crippen LogP contribution in [0.1, 0.15) is 55.4 Å². The SMILES string of the molecule is CC(C)(C)OC(=O)N1CCn2ncc(C(=O)NC3(c4ccncn4)CC3)c2C1. The molecule has 4 rings (SSSR count). The van der Waals surface area contributed by atoms with E-state index in [1.54, 1.807) is 22.0 Å². The summed E-state index contributed by atoms with van der Waals surface area (Å²) in [6.07, 6.45) is 6.02. The zero-order valence-electron chi connectivity index (χ0n) is 16.3. The third-order valence-corrected chi connectivity index (χ3v) is 4.94. The molecule has 2 amide bonds. The van der Waals surface area contributed by atoms with Gasteiger partial charge in [-0.2, -0.15) is 5.10 Å². The number of hydrogen-bond donors (Lipinski definition) is 1. The van der Waals surface area contributed by atoms with Gasteiger partial charge in [-0.25, -0.2) is 14.8 Å². The van der Waals surface area contributed by atoms with Gasteiger partial charge in [0, 0.05) is 12.7 Å².